The van der Waals surface area contributed by atoms with Gasteiger partial charge in [0.1, 0.15) is 11.6 Å². The Labute approximate surface area is 138 Å². The second kappa shape index (κ2) is 5.84. The van der Waals surface area contributed by atoms with Gasteiger partial charge >= 0.3 is 0 Å². The fourth-order valence-corrected chi connectivity index (χ4v) is 3.57. The molecule has 0 radical (unpaired) electrons. The first-order chi connectivity index (χ1) is 11.2. The van der Waals surface area contributed by atoms with Crippen LogP contribution in [-0.4, -0.2) is 36.1 Å². The molecule has 2 aliphatic heterocycles. The minimum atomic E-state index is 0.582. The van der Waals surface area contributed by atoms with Gasteiger partial charge in [-0.3, -0.25) is 0 Å². The zero-order valence-electron chi connectivity index (χ0n) is 14.0. The Bertz CT molecular complexity index is 708. The second-order valence-corrected chi connectivity index (χ2v) is 6.81. The van der Waals surface area contributed by atoms with Gasteiger partial charge in [-0.15, -0.1) is 0 Å². The monoisotopic (exact) mass is 308 g/mol. The lowest BCUT2D eigenvalue weighted by atomic mass is 9.98. The number of rotatable bonds is 3. The van der Waals surface area contributed by atoms with Crippen LogP contribution in [-0.2, 0) is 0 Å². The van der Waals surface area contributed by atoms with E-state index >= 15 is 0 Å². The van der Waals surface area contributed by atoms with Gasteiger partial charge in [0.05, 0.1) is 0 Å². The van der Waals surface area contributed by atoms with Crippen LogP contribution in [0.15, 0.2) is 30.3 Å². The summed E-state index contributed by atoms with van der Waals surface area (Å²) in [6.45, 7) is 8.62. The van der Waals surface area contributed by atoms with Crippen molar-refractivity contribution < 1.29 is 0 Å². The van der Waals surface area contributed by atoms with Crippen LogP contribution in [0, 0.1) is 13.8 Å². The summed E-state index contributed by atoms with van der Waals surface area (Å²) < 4.78 is 0. The Morgan fingerprint density at radius 1 is 0.913 bits per heavy atom. The number of nitrogens with zero attached hydrogens (tertiary/aromatic N) is 4. The summed E-state index contributed by atoms with van der Waals surface area (Å²) in [4.78, 5) is 14.2. The minimum Gasteiger partial charge on any atom is -0.356 e. The van der Waals surface area contributed by atoms with E-state index < -0.39 is 0 Å². The van der Waals surface area contributed by atoms with E-state index in [1.807, 2.05) is 0 Å². The summed E-state index contributed by atoms with van der Waals surface area (Å²) in [5.41, 5.74) is 3.66. The van der Waals surface area contributed by atoms with Crippen LogP contribution in [0.4, 0.5) is 11.6 Å². The second-order valence-electron chi connectivity index (χ2n) is 6.81. The SMILES string of the molecule is Cc1cc(C2CCN(c3cccc(C)n3)C2)cc(N2CCC2)n1. The number of aromatic nitrogens is 2. The average Bonchev–Trinajstić information content (AvgIpc) is 2.94. The summed E-state index contributed by atoms with van der Waals surface area (Å²) in [5.74, 6) is 2.86. The van der Waals surface area contributed by atoms with Crippen molar-refractivity contribution in [1.82, 2.24) is 9.97 Å². The first kappa shape index (κ1) is 14.5. The first-order valence-electron chi connectivity index (χ1n) is 8.61. The fraction of sp³-hybridized carbons (Fsp3) is 0.474. The molecule has 4 nitrogen and oxygen atoms in total. The quantitative estimate of drug-likeness (QED) is 0.871. The molecule has 4 rings (SSSR count). The maximum absolute atomic E-state index is 4.72. The number of pyridine rings is 2. The van der Waals surface area contributed by atoms with E-state index in [4.69, 9.17) is 4.98 Å². The maximum atomic E-state index is 4.72. The minimum absolute atomic E-state index is 0.582. The van der Waals surface area contributed by atoms with Crippen molar-refractivity contribution in [1.29, 1.82) is 0 Å². The van der Waals surface area contributed by atoms with Gasteiger partial charge in [0.15, 0.2) is 0 Å². The smallest absolute Gasteiger partial charge is 0.129 e. The van der Waals surface area contributed by atoms with Crippen LogP contribution in [0.2, 0.25) is 0 Å². The molecule has 120 valence electrons. The molecule has 0 N–H and O–H groups in total. The van der Waals surface area contributed by atoms with E-state index in [1.54, 1.807) is 0 Å². The molecule has 2 aliphatic rings. The van der Waals surface area contributed by atoms with Gasteiger partial charge in [-0.25, -0.2) is 9.97 Å². The molecular formula is C19H24N4. The highest BCUT2D eigenvalue weighted by atomic mass is 15.2. The van der Waals surface area contributed by atoms with E-state index in [2.05, 4.69) is 59.0 Å². The van der Waals surface area contributed by atoms with Crippen molar-refractivity contribution >= 4 is 11.6 Å². The van der Waals surface area contributed by atoms with Crippen LogP contribution in [0.3, 0.4) is 0 Å². The summed E-state index contributed by atoms with van der Waals surface area (Å²) >= 11 is 0. The molecular weight excluding hydrogens is 284 g/mol. The molecule has 1 atom stereocenters. The van der Waals surface area contributed by atoms with Gasteiger partial charge in [0, 0.05) is 43.5 Å². The van der Waals surface area contributed by atoms with E-state index in [0.717, 1.165) is 43.4 Å². The van der Waals surface area contributed by atoms with Crippen LogP contribution >= 0.6 is 0 Å². The van der Waals surface area contributed by atoms with Crippen molar-refractivity contribution in [2.75, 3.05) is 36.0 Å². The van der Waals surface area contributed by atoms with Crippen LogP contribution in [0.5, 0.6) is 0 Å². The van der Waals surface area contributed by atoms with Crippen molar-refractivity contribution in [2.45, 2.75) is 32.6 Å². The van der Waals surface area contributed by atoms with E-state index in [9.17, 15) is 0 Å². The highest BCUT2D eigenvalue weighted by Crippen LogP contribution is 2.32. The maximum Gasteiger partial charge on any atom is 0.129 e. The summed E-state index contributed by atoms with van der Waals surface area (Å²) in [5, 5.41) is 0. The molecule has 0 amide bonds. The van der Waals surface area contributed by atoms with Gasteiger partial charge in [-0.2, -0.15) is 0 Å². The molecule has 4 heteroatoms. The molecule has 4 heterocycles. The Morgan fingerprint density at radius 3 is 2.48 bits per heavy atom. The predicted octanol–water partition coefficient (Wildman–Crippen LogP) is 3.30. The lowest BCUT2D eigenvalue weighted by Gasteiger charge is -2.32. The Balaban J connectivity index is 1.54. The van der Waals surface area contributed by atoms with Gasteiger partial charge < -0.3 is 9.80 Å². The Hall–Kier alpha value is -2.10. The lowest BCUT2D eigenvalue weighted by Crippen LogP contribution is -2.37. The van der Waals surface area contributed by atoms with Crippen molar-refractivity contribution in [3.63, 3.8) is 0 Å². The number of hydrogen-bond donors (Lipinski definition) is 0. The van der Waals surface area contributed by atoms with E-state index in [0.29, 0.717) is 5.92 Å². The fourth-order valence-electron chi connectivity index (χ4n) is 3.57. The Morgan fingerprint density at radius 2 is 1.74 bits per heavy atom. The number of anilines is 2. The molecule has 23 heavy (non-hydrogen) atoms. The normalized spacial score (nSPS) is 20.7. The van der Waals surface area contributed by atoms with Crippen molar-refractivity contribution in [3.05, 3.63) is 47.3 Å². The lowest BCUT2D eigenvalue weighted by molar-refractivity contribution is 0.607. The molecule has 2 fully saturated rings. The van der Waals surface area contributed by atoms with Gasteiger partial charge in [-0.05, 0) is 56.5 Å². The van der Waals surface area contributed by atoms with Crippen molar-refractivity contribution in [2.24, 2.45) is 0 Å². The molecule has 0 saturated carbocycles. The molecule has 2 saturated heterocycles. The highest BCUT2D eigenvalue weighted by molar-refractivity contribution is 5.47. The van der Waals surface area contributed by atoms with E-state index in [-0.39, 0.29) is 0 Å². The van der Waals surface area contributed by atoms with Crippen LogP contribution < -0.4 is 9.80 Å². The zero-order chi connectivity index (χ0) is 15.8. The largest absolute Gasteiger partial charge is 0.356 e. The number of aryl methyl sites for hydroxylation is 2. The third kappa shape index (κ3) is 2.90. The van der Waals surface area contributed by atoms with Gasteiger partial charge in [0.2, 0.25) is 0 Å². The van der Waals surface area contributed by atoms with Crippen LogP contribution in [0.25, 0.3) is 0 Å². The molecule has 0 bridgehead atoms. The predicted molar refractivity (Wildman–Crippen MR) is 94.3 cm³/mol. The molecule has 0 spiro atoms. The Kier molecular flexibility index (Phi) is 3.68. The summed E-state index contributed by atoms with van der Waals surface area (Å²) in [7, 11) is 0. The average molecular weight is 308 g/mol. The standard InChI is InChI=1S/C19H24N4/c1-14-5-3-6-18(20-14)23-10-7-16(13-23)17-11-15(2)21-19(12-17)22-8-4-9-22/h3,5-6,11-12,16H,4,7-10,13H2,1-2H3. The van der Waals surface area contributed by atoms with Gasteiger partial charge in [-0.1, -0.05) is 6.07 Å². The molecule has 1 unspecified atom stereocenters. The van der Waals surface area contributed by atoms with Crippen molar-refractivity contribution in [3.8, 4) is 0 Å². The molecule has 2 aromatic heterocycles. The number of hydrogen-bond acceptors (Lipinski definition) is 4. The molecule has 2 aromatic rings. The first-order valence-corrected chi connectivity index (χ1v) is 8.61. The van der Waals surface area contributed by atoms with Gasteiger partial charge in [0.25, 0.3) is 0 Å². The van der Waals surface area contributed by atoms with E-state index in [1.165, 1.54) is 24.2 Å². The summed E-state index contributed by atoms with van der Waals surface area (Å²) in [6.07, 6.45) is 2.49. The third-order valence-corrected chi connectivity index (χ3v) is 5.00. The third-order valence-electron chi connectivity index (χ3n) is 5.00. The molecule has 0 aliphatic carbocycles. The highest BCUT2D eigenvalue weighted by Gasteiger charge is 2.26. The molecule has 0 aromatic carbocycles. The topological polar surface area (TPSA) is 32.3 Å². The zero-order valence-corrected chi connectivity index (χ0v) is 14.0. The van der Waals surface area contributed by atoms with Crippen LogP contribution in [0.1, 0.15) is 35.7 Å². The summed E-state index contributed by atoms with van der Waals surface area (Å²) in [6, 6.07) is 10.9.